The lowest BCUT2D eigenvalue weighted by Crippen LogP contribution is -2.17. The molecule has 0 bridgehead atoms. The zero-order valence-electron chi connectivity index (χ0n) is 11.2. The van der Waals surface area contributed by atoms with Gasteiger partial charge < -0.3 is 15.5 Å². The Morgan fingerprint density at radius 2 is 1.82 bits per heavy atom. The van der Waals surface area contributed by atoms with Crippen LogP contribution in [0, 0.1) is 34.3 Å². The van der Waals surface area contributed by atoms with Crippen molar-refractivity contribution >= 4 is 5.82 Å². The van der Waals surface area contributed by atoms with Crippen molar-refractivity contribution in [2.45, 2.75) is 0 Å². The van der Waals surface area contributed by atoms with Crippen molar-refractivity contribution in [1.82, 2.24) is 4.98 Å². The highest BCUT2D eigenvalue weighted by Gasteiger charge is 2.25. The van der Waals surface area contributed by atoms with Gasteiger partial charge in [0.1, 0.15) is 34.9 Å². The number of nitriles is 2. The van der Waals surface area contributed by atoms with E-state index in [0.717, 1.165) is 12.1 Å². The monoisotopic (exact) mass is 302 g/mol. The molecule has 0 amide bonds. The number of aromatic amines is 1. The first-order valence-corrected chi connectivity index (χ1v) is 5.84. The Labute approximate surface area is 123 Å². The molecule has 0 atom stereocenters. The van der Waals surface area contributed by atoms with Crippen LogP contribution in [0.15, 0.2) is 16.9 Å². The molecule has 1 heterocycles. The molecule has 1 aromatic heterocycles. The number of anilines is 1. The predicted octanol–water partition coefficient (Wildman–Crippen LogP) is 1.65. The second-order valence-electron chi connectivity index (χ2n) is 4.16. The molecule has 0 aliphatic heterocycles. The van der Waals surface area contributed by atoms with Gasteiger partial charge in [-0.15, -0.1) is 0 Å². The standard InChI is InChI=1S/C14H8F2N4O2/c1-22-9-3-2-8(15)11(12(9)16)10-6(4-17)13(19)20-14(21)7(10)5-18/h2-3H,1H3,(H3,19,20,21). The van der Waals surface area contributed by atoms with Gasteiger partial charge in [-0.25, -0.2) is 8.78 Å². The van der Waals surface area contributed by atoms with E-state index in [1.165, 1.54) is 13.2 Å². The molecular weight excluding hydrogens is 294 g/mol. The number of nitrogens with zero attached hydrogens (tertiary/aromatic N) is 2. The fourth-order valence-corrected chi connectivity index (χ4v) is 2.01. The van der Waals surface area contributed by atoms with Crippen molar-refractivity contribution in [3.63, 3.8) is 0 Å². The van der Waals surface area contributed by atoms with Crippen LogP contribution in [-0.2, 0) is 0 Å². The minimum atomic E-state index is -1.14. The highest BCUT2D eigenvalue weighted by atomic mass is 19.1. The largest absolute Gasteiger partial charge is 0.494 e. The normalized spacial score (nSPS) is 9.86. The van der Waals surface area contributed by atoms with Gasteiger partial charge >= 0.3 is 0 Å². The molecule has 0 aliphatic carbocycles. The Kier molecular flexibility index (Phi) is 3.78. The number of halogens is 2. The molecule has 110 valence electrons. The molecule has 2 rings (SSSR count). The van der Waals surface area contributed by atoms with E-state index in [1.54, 1.807) is 6.07 Å². The summed E-state index contributed by atoms with van der Waals surface area (Å²) in [5.41, 5.74) is 2.32. The zero-order valence-corrected chi connectivity index (χ0v) is 11.2. The molecule has 2 aromatic rings. The molecule has 0 saturated heterocycles. The maximum absolute atomic E-state index is 14.4. The first-order valence-electron chi connectivity index (χ1n) is 5.84. The highest BCUT2D eigenvalue weighted by molar-refractivity contribution is 5.81. The number of pyridine rings is 1. The van der Waals surface area contributed by atoms with E-state index in [4.69, 9.17) is 21.0 Å². The number of methoxy groups -OCH3 is 1. The first-order chi connectivity index (χ1) is 10.5. The lowest BCUT2D eigenvalue weighted by Gasteiger charge is -2.12. The van der Waals surface area contributed by atoms with Crippen molar-refractivity contribution in [3.8, 4) is 29.0 Å². The Morgan fingerprint density at radius 1 is 1.18 bits per heavy atom. The summed E-state index contributed by atoms with van der Waals surface area (Å²) in [6.07, 6.45) is 0. The minimum absolute atomic E-state index is 0.303. The number of nitrogens with one attached hydrogen (secondary N) is 1. The van der Waals surface area contributed by atoms with Gasteiger partial charge in [0.2, 0.25) is 0 Å². The molecule has 22 heavy (non-hydrogen) atoms. The predicted molar refractivity (Wildman–Crippen MR) is 72.8 cm³/mol. The van der Waals surface area contributed by atoms with Crippen LogP contribution in [0.5, 0.6) is 5.75 Å². The molecule has 0 radical (unpaired) electrons. The molecule has 0 fully saturated rings. The van der Waals surface area contributed by atoms with E-state index in [9.17, 15) is 13.6 Å². The van der Waals surface area contributed by atoms with Crippen LogP contribution >= 0.6 is 0 Å². The Bertz CT molecular complexity index is 907. The van der Waals surface area contributed by atoms with E-state index in [0.29, 0.717) is 0 Å². The first kappa shape index (κ1) is 15.0. The van der Waals surface area contributed by atoms with Gasteiger partial charge in [-0.2, -0.15) is 10.5 Å². The second-order valence-corrected chi connectivity index (χ2v) is 4.16. The van der Waals surface area contributed by atoms with Gasteiger partial charge in [0.25, 0.3) is 5.56 Å². The van der Waals surface area contributed by atoms with Gasteiger partial charge in [0, 0.05) is 5.56 Å². The van der Waals surface area contributed by atoms with Gasteiger partial charge in [-0.3, -0.25) is 4.79 Å². The quantitative estimate of drug-likeness (QED) is 0.875. The van der Waals surface area contributed by atoms with Crippen molar-refractivity contribution in [1.29, 1.82) is 10.5 Å². The summed E-state index contributed by atoms with van der Waals surface area (Å²) in [5, 5.41) is 18.2. The molecule has 0 saturated carbocycles. The van der Waals surface area contributed by atoms with Crippen LogP contribution in [0.2, 0.25) is 0 Å². The average Bonchev–Trinajstić information content (AvgIpc) is 2.47. The molecule has 0 spiro atoms. The van der Waals surface area contributed by atoms with Crippen LogP contribution in [0.4, 0.5) is 14.6 Å². The molecule has 6 nitrogen and oxygen atoms in total. The molecule has 8 heteroatoms. The summed E-state index contributed by atoms with van der Waals surface area (Å²) in [7, 11) is 1.17. The fourth-order valence-electron chi connectivity index (χ4n) is 2.01. The van der Waals surface area contributed by atoms with Crippen molar-refractivity contribution in [2.75, 3.05) is 12.8 Å². The van der Waals surface area contributed by atoms with Crippen molar-refractivity contribution in [3.05, 3.63) is 45.2 Å². The number of H-pyrrole nitrogens is 1. The number of benzene rings is 1. The molecular formula is C14H8F2N4O2. The van der Waals surface area contributed by atoms with E-state index >= 15 is 0 Å². The van der Waals surface area contributed by atoms with E-state index in [-0.39, 0.29) is 11.6 Å². The summed E-state index contributed by atoms with van der Waals surface area (Å²) in [5.74, 6) is -2.89. The zero-order chi connectivity index (χ0) is 16.4. The summed E-state index contributed by atoms with van der Waals surface area (Å²) in [6, 6.07) is 5.11. The minimum Gasteiger partial charge on any atom is -0.494 e. The summed E-state index contributed by atoms with van der Waals surface area (Å²) in [6.45, 7) is 0. The maximum atomic E-state index is 14.4. The third-order valence-corrected chi connectivity index (χ3v) is 2.99. The smallest absolute Gasteiger partial charge is 0.268 e. The van der Waals surface area contributed by atoms with E-state index in [2.05, 4.69) is 4.98 Å². The van der Waals surface area contributed by atoms with E-state index < -0.39 is 39.4 Å². The number of hydrogen-bond acceptors (Lipinski definition) is 5. The summed E-state index contributed by atoms with van der Waals surface area (Å²) >= 11 is 0. The lowest BCUT2D eigenvalue weighted by atomic mass is 9.95. The van der Waals surface area contributed by atoms with Gasteiger partial charge in [0.05, 0.1) is 12.7 Å². The van der Waals surface area contributed by atoms with Crippen molar-refractivity contribution in [2.24, 2.45) is 0 Å². The number of hydrogen-bond donors (Lipinski definition) is 2. The Hall–Kier alpha value is -3.39. The third-order valence-electron chi connectivity index (χ3n) is 2.99. The number of nitrogen functional groups attached to an aromatic ring is 1. The second kappa shape index (κ2) is 5.54. The average molecular weight is 302 g/mol. The summed E-state index contributed by atoms with van der Waals surface area (Å²) < 4.78 is 33.2. The molecule has 0 aliphatic rings. The summed E-state index contributed by atoms with van der Waals surface area (Å²) in [4.78, 5) is 13.9. The van der Waals surface area contributed by atoms with Crippen molar-refractivity contribution < 1.29 is 13.5 Å². The van der Waals surface area contributed by atoms with Crippen LogP contribution in [0.3, 0.4) is 0 Å². The maximum Gasteiger partial charge on any atom is 0.268 e. The number of nitrogens with two attached hydrogens (primary N) is 1. The Morgan fingerprint density at radius 3 is 2.36 bits per heavy atom. The lowest BCUT2D eigenvalue weighted by molar-refractivity contribution is 0.385. The van der Waals surface area contributed by atoms with Gasteiger partial charge in [-0.1, -0.05) is 0 Å². The molecule has 0 unspecified atom stereocenters. The van der Waals surface area contributed by atoms with Crippen LogP contribution in [-0.4, -0.2) is 12.1 Å². The number of aromatic nitrogens is 1. The van der Waals surface area contributed by atoms with Gasteiger partial charge in [-0.05, 0) is 12.1 Å². The highest BCUT2D eigenvalue weighted by Crippen LogP contribution is 2.35. The molecule has 3 N–H and O–H groups in total. The third kappa shape index (κ3) is 2.13. The fraction of sp³-hybridized carbons (Fsp3) is 0.0714. The molecule has 1 aromatic carbocycles. The SMILES string of the molecule is COc1ccc(F)c(-c2c(C#N)c(N)[nH]c(=O)c2C#N)c1F. The number of rotatable bonds is 2. The van der Waals surface area contributed by atoms with Crippen LogP contribution in [0.25, 0.3) is 11.1 Å². The topological polar surface area (TPSA) is 116 Å². The van der Waals surface area contributed by atoms with Crippen LogP contribution < -0.4 is 16.0 Å². The number of ether oxygens (including phenoxy) is 1. The Balaban J connectivity index is 3.06. The van der Waals surface area contributed by atoms with Gasteiger partial charge in [0.15, 0.2) is 11.6 Å². The van der Waals surface area contributed by atoms with E-state index in [1.807, 2.05) is 0 Å². The van der Waals surface area contributed by atoms with Crippen LogP contribution in [0.1, 0.15) is 11.1 Å².